The van der Waals surface area contributed by atoms with Crippen molar-refractivity contribution in [2.24, 2.45) is 0 Å². The number of carbonyl (C=O) groups is 1. The van der Waals surface area contributed by atoms with Crippen molar-refractivity contribution in [2.75, 3.05) is 11.6 Å². The zero-order valence-corrected chi connectivity index (χ0v) is 11.5. The van der Waals surface area contributed by atoms with Gasteiger partial charge < -0.3 is 11.2 Å². The Morgan fingerprint density at radius 3 is 2.95 bits per heavy atom. The fourth-order valence-electron chi connectivity index (χ4n) is 1.35. The zero-order valence-electron chi connectivity index (χ0n) is 9.91. The summed E-state index contributed by atoms with van der Waals surface area (Å²) in [5.74, 6) is 5.64. The maximum absolute atomic E-state index is 11.7. The third-order valence-electron chi connectivity index (χ3n) is 2.31. The van der Waals surface area contributed by atoms with E-state index in [1.54, 1.807) is 6.07 Å². The van der Waals surface area contributed by atoms with Crippen LogP contribution in [0, 0.1) is 0 Å². The number of carbonyl (C=O) groups excluding carboxylic acids is 1. The number of halogens is 1. The molecule has 0 radical (unpaired) electrons. The molecule has 0 fully saturated rings. The van der Waals surface area contributed by atoms with E-state index >= 15 is 0 Å². The van der Waals surface area contributed by atoms with E-state index < -0.39 is 0 Å². The highest BCUT2D eigenvalue weighted by Gasteiger charge is 2.07. The second-order valence-corrected chi connectivity index (χ2v) is 5.03. The monoisotopic (exact) mass is 297 g/mol. The van der Waals surface area contributed by atoms with Gasteiger partial charge >= 0.3 is 0 Å². The number of nitrogens with two attached hydrogens (primary N) is 1. The summed E-state index contributed by atoms with van der Waals surface area (Å²) in [5, 5.41) is 11.3. The minimum absolute atomic E-state index is 0.118. The van der Waals surface area contributed by atoms with Crippen molar-refractivity contribution in [3.8, 4) is 0 Å². The lowest BCUT2D eigenvalue weighted by molar-refractivity contribution is -0.118. The second kappa shape index (κ2) is 6.44. The van der Waals surface area contributed by atoms with Gasteiger partial charge in [-0.25, -0.2) is 4.68 Å². The van der Waals surface area contributed by atoms with Crippen LogP contribution in [0.3, 0.4) is 0 Å². The van der Waals surface area contributed by atoms with E-state index in [-0.39, 0.29) is 11.7 Å². The topological polar surface area (TPSA) is 85.8 Å². The molecule has 1 amide bonds. The Labute approximate surface area is 119 Å². The first-order valence-corrected chi connectivity index (χ1v) is 6.81. The molecule has 0 aliphatic heterocycles. The highest BCUT2D eigenvalue weighted by atomic mass is 35.5. The Balaban J connectivity index is 1.79. The van der Waals surface area contributed by atoms with Gasteiger partial charge in [0, 0.05) is 11.6 Å². The molecule has 3 N–H and O–H groups in total. The lowest BCUT2D eigenvalue weighted by atomic mass is 10.2. The molecule has 100 valence electrons. The van der Waals surface area contributed by atoms with Crippen LogP contribution >= 0.6 is 23.4 Å². The fourth-order valence-corrected chi connectivity index (χ4v) is 2.22. The lowest BCUT2D eigenvalue weighted by Gasteiger charge is -2.06. The average Bonchev–Trinajstić information content (AvgIpc) is 2.81. The molecule has 2 aromatic rings. The van der Waals surface area contributed by atoms with E-state index in [4.69, 9.17) is 17.4 Å². The molecule has 0 unspecified atom stereocenters. The van der Waals surface area contributed by atoms with E-state index in [2.05, 4.69) is 15.5 Å². The predicted molar refractivity (Wildman–Crippen MR) is 74.2 cm³/mol. The van der Waals surface area contributed by atoms with Gasteiger partial charge in [-0.05, 0) is 11.6 Å². The number of nitrogen functional groups attached to an aromatic ring is 1. The molecule has 0 aliphatic rings. The van der Waals surface area contributed by atoms with Crippen LogP contribution in [0.15, 0.2) is 35.7 Å². The number of rotatable bonds is 5. The van der Waals surface area contributed by atoms with Crippen molar-refractivity contribution in [3.63, 3.8) is 0 Å². The number of hydrogen-bond acceptors (Lipinski definition) is 5. The molecule has 8 heteroatoms. The lowest BCUT2D eigenvalue weighted by Crippen LogP contribution is -2.25. The third-order valence-corrected chi connectivity index (χ3v) is 3.63. The van der Waals surface area contributed by atoms with E-state index in [0.29, 0.717) is 16.7 Å². The number of nitrogens with zero attached hydrogens (tertiary/aromatic N) is 3. The molecule has 1 aromatic heterocycles. The summed E-state index contributed by atoms with van der Waals surface area (Å²) in [5.41, 5.74) is 0.879. The number of thioether (sulfide) groups is 1. The standard InChI is InChI=1S/C11H12ClN5OS/c12-9-4-2-1-3-8(9)5-14-10(18)6-19-11-16-15-7-17(11)13/h1-4,7H,5-6,13H2,(H,14,18). The van der Waals surface area contributed by atoms with Crippen LogP contribution in [0.2, 0.25) is 5.02 Å². The van der Waals surface area contributed by atoms with Gasteiger partial charge in [0.25, 0.3) is 0 Å². The number of amides is 1. The minimum Gasteiger partial charge on any atom is -0.351 e. The van der Waals surface area contributed by atoms with Crippen LogP contribution in [0.5, 0.6) is 0 Å². The molecule has 0 saturated carbocycles. The maximum Gasteiger partial charge on any atom is 0.230 e. The van der Waals surface area contributed by atoms with Crippen LogP contribution < -0.4 is 11.2 Å². The Kier molecular flexibility index (Phi) is 4.64. The van der Waals surface area contributed by atoms with Gasteiger partial charge in [-0.2, -0.15) is 0 Å². The number of aromatic nitrogens is 3. The number of nitrogens with one attached hydrogen (secondary N) is 1. The number of hydrogen-bond donors (Lipinski definition) is 2. The minimum atomic E-state index is -0.118. The Hall–Kier alpha value is -1.73. The SMILES string of the molecule is Nn1cnnc1SCC(=O)NCc1ccccc1Cl. The smallest absolute Gasteiger partial charge is 0.230 e. The molecule has 1 aromatic carbocycles. The van der Waals surface area contributed by atoms with Gasteiger partial charge in [0.05, 0.1) is 5.75 Å². The van der Waals surface area contributed by atoms with E-state index in [1.807, 2.05) is 18.2 Å². The van der Waals surface area contributed by atoms with Crippen molar-refractivity contribution in [3.05, 3.63) is 41.2 Å². The van der Waals surface area contributed by atoms with Crippen LogP contribution in [0.4, 0.5) is 0 Å². The van der Waals surface area contributed by atoms with Crippen molar-refractivity contribution < 1.29 is 4.79 Å². The molecule has 1 heterocycles. The van der Waals surface area contributed by atoms with Gasteiger partial charge in [0.1, 0.15) is 6.33 Å². The van der Waals surface area contributed by atoms with E-state index in [0.717, 1.165) is 5.56 Å². The molecule has 2 rings (SSSR count). The highest BCUT2D eigenvalue weighted by Crippen LogP contribution is 2.15. The molecule has 0 aliphatic carbocycles. The van der Waals surface area contributed by atoms with Crippen LogP contribution in [-0.4, -0.2) is 26.5 Å². The van der Waals surface area contributed by atoms with Crippen molar-refractivity contribution >= 4 is 29.3 Å². The molecule has 0 atom stereocenters. The molecule has 0 saturated heterocycles. The Morgan fingerprint density at radius 1 is 1.47 bits per heavy atom. The van der Waals surface area contributed by atoms with Crippen LogP contribution in [-0.2, 0) is 11.3 Å². The fraction of sp³-hybridized carbons (Fsp3) is 0.182. The van der Waals surface area contributed by atoms with E-state index in [9.17, 15) is 4.79 Å². The second-order valence-electron chi connectivity index (χ2n) is 3.68. The van der Waals surface area contributed by atoms with Crippen molar-refractivity contribution in [2.45, 2.75) is 11.7 Å². The predicted octanol–water partition coefficient (Wildman–Crippen LogP) is 1.05. The normalized spacial score (nSPS) is 10.4. The number of benzene rings is 1. The summed E-state index contributed by atoms with van der Waals surface area (Å²) >= 11 is 7.21. The first-order chi connectivity index (χ1) is 9.16. The Bertz CT molecular complexity index is 574. The molecule has 19 heavy (non-hydrogen) atoms. The molecule has 0 spiro atoms. The average molecular weight is 298 g/mol. The molecule has 6 nitrogen and oxygen atoms in total. The third kappa shape index (κ3) is 3.87. The zero-order chi connectivity index (χ0) is 13.7. The molecule has 0 bridgehead atoms. The van der Waals surface area contributed by atoms with Gasteiger partial charge in [-0.1, -0.05) is 41.6 Å². The summed E-state index contributed by atoms with van der Waals surface area (Å²) < 4.78 is 1.27. The first kappa shape index (κ1) is 13.7. The maximum atomic E-state index is 11.7. The van der Waals surface area contributed by atoms with Crippen molar-refractivity contribution in [1.82, 2.24) is 20.2 Å². The Morgan fingerprint density at radius 2 is 2.26 bits per heavy atom. The van der Waals surface area contributed by atoms with Crippen molar-refractivity contribution in [1.29, 1.82) is 0 Å². The van der Waals surface area contributed by atoms with Crippen LogP contribution in [0.25, 0.3) is 0 Å². The summed E-state index contributed by atoms with van der Waals surface area (Å²) in [4.78, 5) is 11.7. The molecular weight excluding hydrogens is 286 g/mol. The quantitative estimate of drug-likeness (QED) is 0.636. The highest BCUT2D eigenvalue weighted by molar-refractivity contribution is 7.99. The van der Waals surface area contributed by atoms with E-state index in [1.165, 1.54) is 22.8 Å². The summed E-state index contributed by atoms with van der Waals surface area (Å²) in [7, 11) is 0. The van der Waals surface area contributed by atoms with Crippen LogP contribution in [0.1, 0.15) is 5.56 Å². The molecular formula is C11H12ClN5OS. The summed E-state index contributed by atoms with van der Waals surface area (Å²) in [6.45, 7) is 0.397. The van der Waals surface area contributed by atoms with Gasteiger partial charge in [-0.3, -0.25) is 4.79 Å². The summed E-state index contributed by atoms with van der Waals surface area (Å²) in [6.07, 6.45) is 1.38. The van der Waals surface area contributed by atoms with Gasteiger partial charge in [-0.15, -0.1) is 10.2 Å². The van der Waals surface area contributed by atoms with Gasteiger partial charge in [0.15, 0.2) is 0 Å². The largest absolute Gasteiger partial charge is 0.351 e. The van der Waals surface area contributed by atoms with Gasteiger partial charge in [0.2, 0.25) is 11.1 Å². The first-order valence-electron chi connectivity index (χ1n) is 5.45. The summed E-state index contributed by atoms with van der Waals surface area (Å²) in [6, 6.07) is 7.37.